The molecule has 0 saturated carbocycles. The van der Waals surface area contributed by atoms with Crippen molar-refractivity contribution in [1.82, 2.24) is 10.3 Å². The van der Waals surface area contributed by atoms with Gasteiger partial charge in [-0.2, -0.15) is 0 Å². The van der Waals surface area contributed by atoms with Gasteiger partial charge in [0.05, 0.1) is 0 Å². The number of nitrogen functional groups attached to an aromatic ring is 1. The smallest absolute Gasteiger partial charge is 0.0458 e. The Balaban J connectivity index is 2.01. The molecular weight excluding hydrogens is 210 g/mol. The Morgan fingerprint density at radius 1 is 1.41 bits per heavy atom. The monoisotopic (exact) mass is 229 g/mol. The molecule has 3 rings (SSSR count). The van der Waals surface area contributed by atoms with Crippen molar-refractivity contribution in [3.63, 3.8) is 0 Å². The minimum Gasteiger partial charge on any atom is -0.399 e. The number of nitrogens with two attached hydrogens (primary N) is 1. The average Bonchev–Trinajstić information content (AvgIpc) is 2.97. The maximum atomic E-state index is 5.88. The highest BCUT2D eigenvalue weighted by Gasteiger charge is 2.24. The maximum absolute atomic E-state index is 5.88. The van der Waals surface area contributed by atoms with Crippen molar-refractivity contribution in [2.45, 2.75) is 31.7 Å². The van der Waals surface area contributed by atoms with Gasteiger partial charge >= 0.3 is 0 Å². The molecule has 0 aliphatic carbocycles. The van der Waals surface area contributed by atoms with Gasteiger partial charge in [0.2, 0.25) is 0 Å². The molecule has 3 heteroatoms. The van der Waals surface area contributed by atoms with E-state index in [2.05, 4.69) is 35.6 Å². The number of nitrogens with one attached hydrogen (secondary N) is 2. The Labute approximate surface area is 101 Å². The fourth-order valence-electron chi connectivity index (χ4n) is 2.89. The van der Waals surface area contributed by atoms with Gasteiger partial charge in [-0.25, -0.2) is 0 Å². The van der Waals surface area contributed by atoms with E-state index in [1.54, 1.807) is 0 Å². The van der Waals surface area contributed by atoms with Crippen LogP contribution in [0.5, 0.6) is 0 Å². The molecule has 17 heavy (non-hydrogen) atoms. The number of anilines is 1. The predicted molar refractivity (Wildman–Crippen MR) is 72.2 cm³/mol. The van der Waals surface area contributed by atoms with Gasteiger partial charge in [-0.1, -0.05) is 6.92 Å². The normalized spacial score (nSPS) is 22.1. The molecule has 1 unspecified atom stereocenters. The number of fused-ring (bicyclic) bond motifs is 1. The third-order valence-electron chi connectivity index (χ3n) is 3.93. The van der Waals surface area contributed by atoms with Crippen LogP contribution in [-0.2, 0) is 0 Å². The summed E-state index contributed by atoms with van der Waals surface area (Å²) in [7, 11) is 0. The molecule has 2 aromatic rings. The number of aromatic nitrogens is 1. The van der Waals surface area contributed by atoms with E-state index in [0.29, 0.717) is 12.0 Å². The molecule has 90 valence electrons. The summed E-state index contributed by atoms with van der Waals surface area (Å²) < 4.78 is 0. The minimum atomic E-state index is 0.535. The van der Waals surface area contributed by atoms with Crippen LogP contribution in [0.1, 0.15) is 31.2 Å². The number of aromatic amines is 1. The second kappa shape index (κ2) is 4.08. The molecule has 2 atom stereocenters. The maximum Gasteiger partial charge on any atom is 0.0458 e. The lowest BCUT2D eigenvalue weighted by atomic mass is 9.92. The summed E-state index contributed by atoms with van der Waals surface area (Å²) in [5.74, 6) is 0.535. The number of H-pyrrole nitrogens is 1. The molecule has 1 aromatic heterocycles. The fraction of sp³-hybridized carbons (Fsp3) is 0.429. The molecule has 1 aliphatic rings. The molecule has 4 N–H and O–H groups in total. The molecule has 2 heterocycles. The zero-order valence-electron chi connectivity index (χ0n) is 10.2. The molecule has 1 aromatic carbocycles. The Morgan fingerprint density at radius 2 is 2.29 bits per heavy atom. The van der Waals surface area contributed by atoms with Gasteiger partial charge < -0.3 is 16.0 Å². The molecule has 0 amide bonds. The van der Waals surface area contributed by atoms with Crippen molar-refractivity contribution < 1.29 is 0 Å². The lowest BCUT2D eigenvalue weighted by Gasteiger charge is -2.19. The van der Waals surface area contributed by atoms with Gasteiger partial charge in [0.1, 0.15) is 0 Å². The first-order valence-corrected chi connectivity index (χ1v) is 6.35. The second-order valence-electron chi connectivity index (χ2n) is 5.04. The van der Waals surface area contributed by atoms with Crippen molar-refractivity contribution in [3.8, 4) is 0 Å². The lowest BCUT2D eigenvalue weighted by Crippen LogP contribution is -2.27. The summed E-state index contributed by atoms with van der Waals surface area (Å²) in [4.78, 5) is 3.34. The van der Waals surface area contributed by atoms with Crippen molar-refractivity contribution in [2.75, 3.05) is 12.3 Å². The summed E-state index contributed by atoms with van der Waals surface area (Å²) in [6, 6.07) is 6.69. The first-order chi connectivity index (χ1) is 8.25. The van der Waals surface area contributed by atoms with Gasteiger partial charge in [0, 0.05) is 28.8 Å². The summed E-state index contributed by atoms with van der Waals surface area (Å²) >= 11 is 0. The Kier molecular flexibility index (Phi) is 2.56. The van der Waals surface area contributed by atoms with E-state index >= 15 is 0 Å². The van der Waals surface area contributed by atoms with Crippen LogP contribution in [0.25, 0.3) is 10.9 Å². The number of hydrogen-bond donors (Lipinski definition) is 3. The van der Waals surface area contributed by atoms with E-state index in [0.717, 1.165) is 12.2 Å². The minimum absolute atomic E-state index is 0.535. The average molecular weight is 229 g/mol. The van der Waals surface area contributed by atoms with Crippen LogP contribution >= 0.6 is 0 Å². The Hall–Kier alpha value is -1.48. The summed E-state index contributed by atoms with van der Waals surface area (Å²) in [5.41, 5.74) is 9.27. The van der Waals surface area contributed by atoms with Gasteiger partial charge in [-0.3, -0.25) is 0 Å². The van der Waals surface area contributed by atoms with E-state index < -0.39 is 0 Å². The Morgan fingerprint density at radius 3 is 3.06 bits per heavy atom. The summed E-state index contributed by atoms with van der Waals surface area (Å²) in [6.45, 7) is 3.45. The highest BCUT2D eigenvalue weighted by Crippen LogP contribution is 2.31. The van der Waals surface area contributed by atoms with Crippen molar-refractivity contribution in [3.05, 3.63) is 30.0 Å². The van der Waals surface area contributed by atoms with E-state index in [9.17, 15) is 0 Å². The highest BCUT2D eigenvalue weighted by molar-refractivity contribution is 5.86. The third kappa shape index (κ3) is 1.80. The SMILES string of the molecule is C[C@H](c1c[nH]c2ccc(N)cc12)C1CCCN1. The molecule has 0 radical (unpaired) electrons. The molecule has 1 aliphatic heterocycles. The molecule has 1 fully saturated rings. The van der Waals surface area contributed by atoms with Gasteiger partial charge in [-0.15, -0.1) is 0 Å². The molecule has 0 bridgehead atoms. The standard InChI is InChI=1S/C14H19N3/c1-9(13-3-2-6-16-13)12-8-17-14-5-4-10(15)7-11(12)14/h4-5,7-9,13,16-17H,2-3,6,15H2,1H3/t9-,13?/m1/s1. The van der Waals surface area contributed by atoms with Gasteiger partial charge in [0.25, 0.3) is 0 Å². The van der Waals surface area contributed by atoms with Crippen LogP contribution in [0.2, 0.25) is 0 Å². The molecule has 1 saturated heterocycles. The summed E-state index contributed by atoms with van der Waals surface area (Å²) in [6.07, 6.45) is 4.70. The van der Waals surface area contributed by atoms with E-state index in [1.807, 2.05) is 6.07 Å². The highest BCUT2D eigenvalue weighted by atomic mass is 14.9. The van der Waals surface area contributed by atoms with Crippen LogP contribution in [0.3, 0.4) is 0 Å². The van der Waals surface area contributed by atoms with Crippen LogP contribution in [0, 0.1) is 0 Å². The second-order valence-corrected chi connectivity index (χ2v) is 5.04. The zero-order chi connectivity index (χ0) is 11.8. The lowest BCUT2D eigenvalue weighted by molar-refractivity contribution is 0.520. The van der Waals surface area contributed by atoms with Crippen molar-refractivity contribution in [2.24, 2.45) is 0 Å². The van der Waals surface area contributed by atoms with Crippen LogP contribution < -0.4 is 11.1 Å². The van der Waals surface area contributed by atoms with E-state index in [1.165, 1.54) is 29.3 Å². The number of rotatable bonds is 2. The quantitative estimate of drug-likeness (QED) is 0.693. The van der Waals surface area contributed by atoms with Crippen molar-refractivity contribution >= 4 is 16.6 Å². The first kappa shape index (κ1) is 10.7. The largest absolute Gasteiger partial charge is 0.399 e. The van der Waals surface area contributed by atoms with Gasteiger partial charge in [0.15, 0.2) is 0 Å². The van der Waals surface area contributed by atoms with E-state index in [-0.39, 0.29) is 0 Å². The Bertz CT molecular complexity index is 523. The topological polar surface area (TPSA) is 53.8 Å². The number of benzene rings is 1. The van der Waals surface area contributed by atoms with Crippen LogP contribution in [-0.4, -0.2) is 17.6 Å². The molecular formula is C14H19N3. The zero-order valence-corrected chi connectivity index (χ0v) is 10.2. The predicted octanol–water partition coefficient (Wildman–Crippen LogP) is 2.61. The van der Waals surface area contributed by atoms with Crippen LogP contribution in [0.15, 0.2) is 24.4 Å². The molecule has 3 nitrogen and oxygen atoms in total. The number of hydrogen-bond acceptors (Lipinski definition) is 2. The third-order valence-corrected chi connectivity index (χ3v) is 3.93. The first-order valence-electron chi connectivity index (χ1n) is 6.35. The molecule has 0 spiro atoms. The van der Waals surface area contributed by atoms with E-state index in [4.69, 9.17) is 5.73 Å². The van der Waals surface area contributed by atoms with Crippen LogP contribution in [0.4, 0.5) is 5.69 Å². The van der Waals surface area contributed by atoms with Gasteiger partial charge in [-0.05, 0) is 49.1 Å². The summed E-state index contributed by atoms with van der Waals surface area (Å²) in [5, 5.41) is 4.85. The van der Waals surface area contributed by atoms with Crippen molar-refractivity contribution in [1.29, 1.82) is 0 Å². The fourth-order valence-corrected chi connectivity index (χ4v) is 2.89.